The van der Waals surface area contributed by atoms with Crippen LogP contribution in [-0.2, 0) is 0 Å². The van der Waals surface area contributed by atoms with E-state index >= 15 is 0 Å². The standard InChI is InChI=1S/C33H39FN4O6.C7H13N/c34-24-10-8-9-22(17-24)31(38-33(42)43)23-18-25(20-36-19-23)44-16-7-5-3-1-2-4-6-15-35-21-29(40)26-11-13-28(39)32-27(26)12-14-30(41)37-32;1-4-8-5-2-7(1)3-6-8/h8-14,17-20,29,31,35,38-40H,1-7,15-16,21H2,(H,37,41)(H,42,43);7H,1-6H2. The predicted molar refractivity (Wildman–Crippen MR) is 199 cm³/mol. The van der Waals surface area contributed by atoms with E-state index in [4.69, 9.17) is 4.74 Å². The predicted octanol–water partition coefficient (Wildman–Crippen LogP) is 6.66. The molecule has 12 heteroatoms. The highest BCUT2D eigenvalue weighted by Crippen LogP contribution is 2.29. The molecule has 52 heavy (non-hydrogen) atoms. The van der Waals surface area contributed by atoms with Crippen LogP contribution in [0.5, 0.6) is 11.5 Å². The van der Waals surface area contributed by atoms with Crippen LogP contribution >= 0.6 is 0 Å². The summed E-state index contributed by atoms with van der Waals surface area (Å²) >= 11 is 0. The number of carbonyl (C=O) groups is 1. The summed E-state index contributed by atoms with van der Waals surface area (Å²) < 4.78 is 19.6. The third kappa shape index (κ3) is 11.8. The molecule has 4 aromatic rings. The van der Waals surface area contributed by atoms with Gasteiger partial charge in [-0.3, -0.25) is 9.78 Å². The van der Waals surface area contributed by atoms with Crippen LogP contribution in [0.1, 0.15) is 93.0 Å². The summed E-state index contributed by atoms with van der Waals surface area (Å²) in [7, 11) is 0. The first kappa shape index (κ1) is 38.7. The number of aromatic amines is 1. The number of amides is 1. The summed E-state index contributed by atoms with van der Waals surface area (Å²) in [6.45, 7) is 5.85. The van der Waals surface area contributed by atoms with E-state index in [0.717, 1.165) is 57.4 Å². The average Bonchev–Trinajstić information content (AvgIpc) is 3.15. The summed E-state index contributed by atoms with van der Waals surface area (Å²) in [6, 6.07) is 12.9. The third-order valence-corrected chi connectivity index (χ3v) is 9.95. The van der Waals surface area contributed by atoms with Gasteiger partial charge in [0.1, 0.15) is 17.3 Å². The van der Waals surface area contributed by atoms with E-state index in [2.05, 4.69) is 25.5 Å². The maximum absolute atomic E-state index is 13.7. The fourth-order valence-corrected chi connectivity index (χ4v) is 7.03. The second-order valence-corrected chi connectivity index (χ2v) is 13.8. The number of aliphatic hydroxyl groups is 1. The van der Waals surface area contributed by atoms with Crippen molar-refractivity contribution in [2.75, 3.05) is 39.3 Å². The lowest BCUT2D eigenvalue weighted by atomic mass is 9.89. The Bertz CT molecular complexity index is 1760. The number of benzene rings is 2. The number of piperidine rings is 3. The Morgan fingerprint density at radius 1 is 0.942 bits per heavy atom. The van der Waals surface area contributed by atoms with Crippen molar-refractivity contribution in [3.63, 3.8) is 0 Å². The number of aromatic hydroxyl groups is 1. The Hall–Kier alpha value is -4.52. The second kappa shape index (κ2) is 19.9. The molecule has 0 spiro atoms. The van der Waals surface area contributed by atoms with E-state index in [1.54, 1.807) is 30.5 Å². The van der Waals surface area contributed by atoms with Gasteiger partial charge in [-0.15, -0.1) is 0 Å². The van der Waals surface area contributed by atoms with Gasteiger partial charge in [-0.1, -0.05) is 50.3 Å². The molecule has 6 N–H and O–H groups in total. The van der Waals surface area contributed by atoms with Crippen LogP contribution in [0.15, 0.2) is 71.8 Å². The molecule has 3 aliphatic rings. The Labute approximate surface area is 304 Å². The van der Waals surface area contributed by atoms with Gasteiger partial charge in [0.05, 0.1) is 30.5 Å². The van der Waals surface area contributed by atoms with E-state index in [9.17, 15) is 29.3 Å². The van der Waals surface area contributed by atoms with E-state index in [-0.39, 0.29) is 11.3 Å². The van der Waals surface area contributed by atoms with Crippen LogP contribution in [0.3, 0.4) is 0 Å². The van der Waals surface area contributed by atoms with Crippen molar-refractivity contribution in [1.82, 2.24) is 25.5 Å². The minimum Gasteiger partial charge on any atom is -0.506 e. The molecular weight excluding hydrogens is 665 g/mol. The quantitative estimate of drug-likeness (QED) is 0.0657. The first-order chi connectivity index (χ1) is 25.3. The van der Waals surface area contributed by atoms with Gasteiger partial charge in [-0.2, -0.15) is 0 Å². The lowest BCUT2D eigenvalue weighted by Crippen LogP contribution is -2.41. The number of phenolic OH excluding ortho intramolecular Hbond substituents is 1. The number of rotatable bonds is 17. The molecule has 0 aliphatic carbocycles. The van der Waals surface area contributed by atoms with Crippen LogP contribution in [0.2, 0.25) is 0 Å². The lowest BCUT2D eigenvalue weighted by molar-refractivity contribution is 0.111. The molecule has 2 aromatic carbocycles. The largest absolute Gasteiger partial charge is 0.506 e. The van der Waals surface area contributed by atoms with E-state index < -0.39 is 24.1 Å². The molecular formula is C40H52FN5O6. The molecule has 5 heterocycles. The Balaban J connectivity index is 0.000000567. The number of nitrogens with one attached hydrogen (secondary N) is 3. The second-order valence-electron chi connectivity index (χ2n) is 13.8. The molecule has 2 aromatic heterocycles. The number of hydrogen-bond acceptors (Lipinski definition) is 8. The zero-order chi connectivity index (χ0) is 36.7. The van der Waals surface area contributed by atoms with Gasteiger partial charge in [-0.25, -0.2) is 9.18 Å². The normalized spacial score (nSPS) is 17.6. The average molecular weight is 718 g/mol. The van der Waals surface area contributed by atoms with Gasteiger partial charge >= 0.3 is 6.09 Å². The van der Waals surface area contributed by atoms with Gasteiger partial charge in [-0.05, 0) is 106 Å². The number of unbranched alkanes of at least 4 members (excludes halogenated alkanes) is 6. The number of hydrogen-bond donors (Lipinski definition) is 6. The molecule has 0 saturated carbocycles. The van der Waals surface area contributed by atoms with Crippen LogP contribution in [-0.4, -0.2) is 75.6 Å². The third-order valence-electron chi connectivity index (χ3n) is 9.95. The summed E-state index contributed by atoms with van der Waals surface area (Å²) in [5.74, 6) is 1.16. The zero-order valence-electron chi connectivity index (χ0n) is 29.7. The fourth-order valence-electron chi connectivity index (χ4n) is 7.03. The SMILES string of the molecule is C1CN2CCC1CC2.O=C(O)NC(c1cccc(F)c1)c1cncc(OCCCCCCCCCNCC(O)c2ccc(O)c3[nH]c(=O)ccc23)c1. The summed E-state index contributed by atoms with van der Waals surface area (Å²) in [6.07, 6.45) is 12.9. The zero-order valence-corrected chi connectivity index (χ0v) is 29.7. The molecule has 0 radical (unpaired) electrons. The summed E-state index contributed by atoms with van der Waals surface area (Å²) in [5, 5.41) is 36.3. The van der Waals surface area contributed by atoms with Crippen LogP contribution in [0.4, 0.5) is 9.18 Å². The number of pyridine rings is 2. The van der Waals surface area contributed by atoms with Crippen LogP contribution in [0.25, 0.3) is 10.9 Å². The molecule has 3 aliphatic heterocycles. The summed E-state index contributed by atoms with van der Waals surface area (Å²) in [4.78, 5) is 32.3. The van der Waals surface area contributed by atoms with Gasteiger partial charge in [0.25, 0.3) is 0 Å². The van der Waals surface area contributed by atoms with Crippen molar-refractivity contribution in [1.29, 1.82) is 0 Å². The van der Waals surface area contributed by atoms with Crippen LogP contribution < -0.4 is 20.9 Å². The number of H-pyrrole nitrogens is 1. The van der Waals surface area contributed by atoms with E-state index in [0.29, 0.717) is 46.5 Å². The Morgan fingerprint density at radius 2 is 1.67 bits per heavy atom. The van der Waals surface area contributed by atoms with Crippen molar-refractivity contribution >= 4 is 17.0 Å². The first-order valence-electron chi connectivity index (χ1n) is 18.6. The van der Waals surface area contributed by atoms with Gasteiger partial charge < -0.3 is 40.6 Å². The molecule has 2 unspecified atom stereocenters. The fraction of sp³-hybridized carbons (Fsp3) is 0.475. The van der Waals surface area contributed by atoms with Crippen molar-refractivity contribution in [2.45, 2.75) is 76.4 Å². The number of phenols is 1. The first-order valence-corrected chi connectivity index (χ1v) is 18.6. The molecule has 3 saturated heterocycles. The van der Waals surface area contributed by atoms with E-state index in [1.165, 1.54) is 75.4 Å². The molecule has 7 rings (SSSR count). The van der Waals surface area contributed by atoms with Gasteiger partial charge in [0, 0.05) is 29.8 Å². The number of aliphatic hydroxyl groups excluding tert-OH is 1. The molecule has 1 amide bonds. The summed E-state index contributed by atoms with van der Waals surface area (Å²) in [5.41, 5.74) is 1.70. The molecule has 11 nitrogen and oxygen atoms in total. The van der Waals surface area contributed by atoms with Crippen molar-refractivity contribution in [3.8, 4) is 11.5 Å². The maximum Gasteiger partial charge on any atom is 0.405 e. The molecule has 280 valence electrons. The smallest absolute Gasteiger partial charge is 0.405 e. The Morgan fingerprint density at radius 3 is 2.35 bits per heavy atom. The number of fused-ring (bicyclic) bond motifs is 4. The molecule has 2 bridgehead atoms. The highest BCUT2D eigenvalue weighted by Gasteiger charge is 2.24. The lowest BCUT2D eigenvalue weighted by Gasteiger charge is -2.38. The number of ether oxygens (including phenoxy) is 1. The van der Waals surface area contributed by atoms with Crippen LogP contribution in [0, 0.1) is 11.7 Å². The Kier molecular flexibility index (Phi) is 14.8. The van der Waals surface area contributed by atoms with Crippen molar-refractivity contribution < 1.29 is 29.2 Å². The van der Waals surface area contributed by atoms with Gasteiger partial charge in [0.15, 0.2) is 0 Å². The highest BCUT2D eigenvalue weighted by atomic mass is 19.1. The molecule has 3 fully saturated rings. The van der Waals surface area contributed by atoms with Crippen molar-refractivity contribution in [2.24, 2.45) is 5.92 Å². The number of nitrogens with zero attached hydrogens (tertiary/aromatic N) is 2. The highest BCUT2D eigenvalue weighted by molar-refractivity contribution is 5.87. The van der Waals surface area contributed by atoms with E-state index in [1.807, 2.05) is 0 Å². The number of carboxylic acid groups (broad SMARTS) is 1. The minimum absolute atomic E-state index is 0.0270. The monoisotopic (exact) mass is 717 g/mol. The number of halogens is 1. The van der Waals surface area contributed by atoms with Gasteiger partial charge in [0.2, 0.25) is 5.56 Å². The molecule has 2 atom stereocenters. The topological polar surface area (TPSA) is 160 Å². The van der Waals surface area contributed by atoms with Crippen molar-refractivity contribution in [3.05, 3.63) is 99.9 Å². The number of aromatic nitrogens is 2. The maximum atomic E-state index is 13.7. The minimum atomic E-state index is -1.22.